The Kier molecular flexibility index (Phi) is 3.66. The lowest BCUT2D eigenvalue weighted by Gasteiger charge is -2.09. The van der Waals surface area contributed by atoms with E-state index in [1.54, 1.807) is 6.07 Å². The lowest BCUT2D eigenvalue weighted by Crippen LogP contribution is -2.26. The Morgan fingerprint density at radius 2 is 1.85 bits per heavy atom. The normalized spacial score (nSPS) is 12.4. The van der Waals surface area contributed by atoms with Crippen molar-refractivity contribution in [3.8, 4) is 5.75 Å². The highest BCUT2D eigenvalue weighted by Gasteiger charge is 2.20. The van der Waals surface area contributed by atoms with Gasteiger partial charge in [0.15, 0.2) is 12.4 Å². The molecule has 2 heterocycles. The van der Waals surface area contributed by atoms with Gasteiger partial charge in [-0.25, -0.2) is 14.4 Å². The standard InChI is InChI=1S/C21H19N3O3/c1-10-14-9-24(4)8-7-13(14)11(2)19-17(10)18-15(23-19)5-6-16(25)20(18)22-12(3)21(26)27/h5-9H,1-4H3,(H2,25,26,27)/p+1. The Bertz CT molecular complexity index is 1300. The predicted octanol–water partition coefficient (Wildman–Crippen LogP) is 3.80. The molecule has 0 bridgehead atoms. The number of H-pyrrole nitrogens is 1. The number of aliphatic carboxylic acids is 1. The summed E-state index contributed by atoms with van der Waals surface area (Å²) in [5, 5.41) is 23.6. The first-order valence-electron chi connectivity index (χ1n) is 8.63. The number of benzene rings is 2. The number of phenolic OH excluding ortho intramolecular Hbond substituents is 1. The van der Waals surface area contributed by atoms with Gasteiger partial charge in [-0.1, -0.05) is 0 Å². The second kappa shape index (κ2) is 5.81. The van der Waals surface area contributed by atoms with Gasteiger partial charge in [0.1, 0.15) is 24.2 Å². The maximum Gasteiger partial charge on any atom is 0.349 e. The Balaban J connectivity index is 2.26. The van der Waals surface area contributed by atoms with Crippen LogP contribution in [-0.2, 0) is 11.8 Å². The highest BCUT2D eigenvalue weighted by Crippen LogP contribution is 2.43. The number of hydrogen-bond donors (Lipinski definition) is 3. The van der Waals surface area contributed by atoms with E-state index in [2.05, 4.69) is 29.2 Å². The summed E-state index contributed by atoms with van der Waals surface area (Å²) in [5.41, 5.74) is 4.15. The molecule has 6 nitrogen and oxygen atoms in total. The molecule has 0 fully saturated rings. The Morgan fingerprint density at radius 1 is 1.11 bits per heavy atom. The maximum absolute atomic E-state index is 11.3. The zero-order valence-electron chi connectivity index (χ0n) is 15.6. The molecule has 0 saturated heterocycles. The summed E-state index contributed by atoms with van der Waals surface area (Å²) < 4.78 is 2.00. The number of pyridine rings is 1. The largest absolute Gasteiger partial charge is 0.506 e. The summed E-state index contributed by atoms with van der Waals surface area (Å²) in [7, 11) is 1.98. The van der Waals surface area contributed by atoms with Gasteiger partial charge >= 0.3 is 5.97 Å². The summed E-state index contributed by atoms with van der Waals surface area (Å²) in [6.07, 6.45) is 4.09. The average molecular weight is 362 g/mol. The third kappa shape index (κ3) is 2.44. The monoisotopic (exact) mass is 362 g/mol. The molecule has 136 valence electrons. The number of aromatic hydroxyl groups is 1. The predicted molar refractivity (Wildman–Crippen MR) is 106 cm³/mol. The van der Waals surface area contributed by atoms with Crippen LogP contribution in [0.15, 0.2) is 35.6 Å². The van der Waals surface area contributed by atoms with Crippen molar-refractivity contribution in [3.63, 3.8) is 0 Å². The molecule has 0 saturated carbocycles. The minimum atomic E-state index is -1.11. The number of aliphatic imine (C=N–C) groups is 1. The molecular weight excluding hydrogens is 342 g/mol. The van der Waals surface area contributed by atoms with Crippen molar-refractivity contribution in [2.75, 3.05) is 0 Å². The van der Waals surface area contributed by atoms with Crippen molar-refractivity contribution in [2.24, 2.45) is 12.0 Å². The van der Waals surface area contributed by atoms with Crippen molar-refractivity contribution in [1.82, 2.24) is 4.98 Å². The second-order valence-electron chi connectivity index (χ2n) is 6.92. The number of aromatic amines is 1. The Hall–Kier alpha value is -3.41. The maximum atomic E-state index is 11.3. The Labute approximate surface area is 155 Å². The molecule has 4 aromatic rings. The molecule has 0 spiro atoms. The van der Waals surface area contributed by atoms with Crippen molar-refractivity contribution in [3.05, 3.63) is 41.7 Å². The molecule has 0 radical (unpaired) electrons. The summed E-state index contributed by atoms with van der Waals surface area (Å²) in [4.78, 5) is 18.9. The molecule has 0 amide bonds. The van der Waals surface area contributed by atoms with Crippen molar-refractivity contribution < 1.29 is 19.6 Å². The van der Waals surface area contributed by atoms with E-state index >= 15 is 0 Å². The number of carboxylic acids is 1. The van der Waals surface area contributed by atoms with Crippen molar-refractivity contribution >= 4 is 49.9 Å². The molecule has 3 N–H and O–H groups in total. The van der Waals surface area contributed by atoms with E-state index in [0.717, 1.165) is 43.7 Å². The van der Waals surface area contributed by atoms with Gasteiger partial charge in [-0.05, 0) is 49.4 Å². The number of nitrogens with one attached hydrogen (secondary N) is 1. The summed E-state index contributed by atoms with van der Waals surface area (Å²) in [6.45, 7) is 5.52. The SMILES string of the molecule is CC(=Nc1c(O)ccc2[nH]c3c(C)c4cc[n+](C)cc4c(C)c3c12)C(=O)O. The number of aryl methyl sites for hydroxylation is 3. The number of carbonyl (C=O) groups is 1. The van der Waals surface area contributed by atoms with E-state index in [1.165, 1.54) is 13.0 Å². The first kappa shape index (κ1) is 17.0. The van der Waals surface area contributed by atoms with Crippen LogP contribution < -0.4 is 4.57 Å². The van der Waals surface area contributed by atoms with Gasteiger partial charge in [0.2, 0.25) is 0 Å². The average Bonchev–Trinajstić information content (AvgIpc) is 3.02. The van der Waals surface area contributed by atoms with E-state index < -0.39 is 5.97 Å². The fourth-order valence-corrected chi connectivity index (χ4v) is 3.74. The molecule has 4 rings (SSSR count). The summed E-state index contributed by atoms with van der Waals surface area (Å²) >= 11 is 0. The quantitative estimate of drug-likeness (QED) is 0.374. The van der Waals surface area contributed by atoms with E-state index in [4.69, 9.17) is 0 Å². The van der Waals surface area contributed by atoms with E-state index in [1.807, 2.05) is 24.7 Å². The molecule has 2 aromatic carbocycles. The first-order chi connectivity index (χ1) is 12.8. The van der Waals surface area contributed by atoms with Crippen LogP contribution in [0.3, 0.4) is 0 Å². The smallest absolute Gasteiger partial charge is 0.349 e. The highest BCUT2D eigenvalue weighted by molar-refractivity contribution is 6.35. The van der Waals surface area contributed by atoms with Crippen LogP contribution in [0.1, 0.15) is 18.1 Å². The third-order valence-corrected chi connectivity index (χ3v) is 5.16. The molecule has 2 aromatic heterocycles. The molecular formula is C21H20N3O3+. The summed E-state index contributed by atoms with van der Waals surface area (Å²) in [6, 6.07) is 5.42. The van der Waals surface area contributed by atoms with E-state index in [9.17, 15) is 15.0 Å². The highest BCUT2D eigenvalue weighted by atomic mass is 16.4. The number of fused-ring (bicyclic) bond motifs is 4. The molecule has 0 aliphatic heterocycles. The van der Waals surface area contributed by atoms with Crippen LogP contribution in [-0.4, -0.2) is 26.9 Å². The zero-order chi connectivity index (χ0) is 19.5. The lowest BCUT2D eigenvalue weighted by molar-refractivity contribution is -0.670. The second-order valence-corrected chi connectivity index (χ2v) is 6.92. The van der Waals surface area contributed by atoms with E-state index in [-0.39, 0.29) is 17.1 Å². The lowest BCUT2D eigenvalue weighted by atomic mass is 9.96. The van der Waals surface area contributed by atoms with Crippen molar-refractivity contribution in [2.45, 2.75) is 20.8 Å². The fraction of sp³-hybridized carbons (Fsp3) is 0.190. The number of nitrogens with zero attached hydrogens (tertiary/aromatic N) is 2. The van der Waals surface area contributed by atoms with Crippen LogP contribution in [0.5, 0.6) is 5.75 Å². The van der Waals surface area contributed by atoms with Gasteiger partial charge in [0.05, 0.1) is 5.52 Å². The number of hydrogen-bond acceptors (Lipinski definition) is 3. The van der Waals surface area contributed by atoms with Gasteiger partial charge < -0.3 is 15.2 Å². The molecule has 0 atom stereocenters. The molecule has 0 aliphatic carbocycles. The molecule has 27 heavy (non-hydrogen) atoms. The number of carboxylic acid groups (broad SMARTS) is 1. The van der Waals surface area contributed by atoms with Crippen LogP contribution in [0, 0.1) is 13.8 Å². The Morgan fingerprint density at radius 3 is 2.56 bits per heavy atom. The topological polar surface area (TPSA) is 89.6 Å². The van der Waals surface area contributed by atoms with Gasteiger partial charge in [0, 0.05) is 27.7 Å². The van der Waals surface area contributed by atoms with Crippen LogP contribution in [0.4, 0.5) is 5.69 Å². The molecule has 0 unspecified atom stereocenters. The van der Waals surface area contributed by atoms with Crippen LogP contribution in [0.2, 0.25) is 0 Å². The van der Waals surface area contributed by atoms with Gasteiger partial charge in [-0.15, -0.1) is 0 Å². The number of aromatic nitrogens is 2. The summed E-state index contributed by atoms with van der Waals surface area (Å²) in [5.74, 6) is -1.16. The minimum absolute atomic E-state index is 0.0419. The van der Waals surface area contributed by atoms with Gasteiger partial charge in [0.25, 0.3) is 0 Å². The molecule has 0 aliphatic rings. The van der Waals surface area contributed by atoms with Crippen molar-refractivity contribution in [1.29, 1.82) is 0 Å². The number of phenols is 1. The van der Waals surface area contributed by atoms with Gasteiger partial charge in [-0.3, -0.25) is 0 Å². The third-order valence-electron chi connectivity index (χ3n) is 5.16. The van der Waals surface area contributed by atoms with Gasteiger partial charge in [-0.2, -0.15) is 0 Å². The number of rotatable bonds is 2. The first-order valence-corrected chi connectivity index (χ1v) is 8.63. The molecule has 6 heteroatoms. The van der Waals surface area contributed by atoms with Crippen LogP contribution in [0.25, 0.3) is 32.6 Å². The minimum Gasteiger partial charge on any atom is -0.506 e. The van der Waals surface area contributed by atoms with E-state index in [0.29, 0.717) is 0 Å². The fourth-order valence-electron chi connectivity index (χ4n) is 3.74. The van der Waals surface area contributed by atoms with Crippen LogP contribution >= 0.6 is 0 Å². The zero-order valence-corrected chi connectivity index (χ0v) is 15.6.